The Kier molecular flexibility index (Phi) is 15.5. The SMILES string of the molecule is CCCC(=O)NC(C(=O)N[C@@H](CCCNC(N)=O)C(=O)Nc1ccc(COC(=O)N(C)CCC(C)=O)cc1)C(C)C. The Balaban J connectivity index is 2.85. The van der Waals surface area contributed by atoms with Crippen molar-refractivity contribution in [2.24, 2.45) is 11.7 Å². The molecule has 1 rings (SSSR count). The Bertz CT molecular complexity index is 1040. The Morgan fingerprint density at radius 3 is 2.20 bits per heavy atom. The van der Waals surface area contributed by atoms with E-state index in [1.165, 1.54) is 11.8 Å². The van der Waals surface area contributed by atoms with E-state index in [-0.39, 0.29) is 56.6 Å². The minimum Gasteiger partial charge on any atom is -0.445 e. The molecule has 0 saturated carbocycles. The lowest BCUT2D eigenvalue weighted by molar-refractivity contribution is -0.132. The zero-order valence-corrected chi connectivity index (χ0v) is 24.6. The van der Waals surface area contributed by atoms with Gasteiger partial charge in [-0.05, 0) is 49.8 Å². The van der Waals surface area contributed by atoms with Gasteiger partial charge in [-0.3, -0.25) is 19.2 Å². The van der Waals surface area contributed by atoms with Crippen LogP contribution in [0.1, 0.15) is 65.4 Å². The fourth-order valence-electron chi connectivity index (χ4n) is 3.64. The van der Waals surface area contributed by atoms with Crippen LogP contribution in [0.15, 0.2) is 24.3 Å². The molecule has 0 bridgehead atoms. The number of carbonyl (C=O) groups is 6. The fourth-order valence-corrected chi connectivity index (χ4v) is 3.64. The molecule has 0 aliphatic carbocycles. The summed E-state index contributed by atoms with van der Waals surface area (Å²) in [6.45, 7) is 7.39. The average molecular weight is 577 g/mol. The molecule has 0 heterocycles. The van der Waals surface area contributed by atoms with E-state index in [1.807, 2.05) is 6.92 Å². The molecule has 1 aromatic carbocycles. The fraction of sp³-hybridized carbons (Fsp3) is 0.571. The maximum absolute atomic E-state index is 13.2. The summed E-state index contributed by atoms with van der Waals surface area (Å²) in [5.74, 6) is -1.46. The van der Waals surface area contributed by atoms with Crippen LogP contribution in [-0.2, 0) is 30.5 Å². The quantitative estimate of drug-likeness (QED) is 0.175. The third kappa shape index (κ3) is 14.2. The molecule has 1 unspecified atom stereocenters. The van der Waals surface area contributed by atoms with Gasteiger partial charge in [-0.15, -0.1) is 0 Å². The summed E-state index contributed by atoms with van der Waals surface area (Å²) < 4.78 is 5.25. The van der Waals surface area contributed by atoms with Crippen molar-refractivity contribution in [3.8, 4) is 0 Å². The summed E-state index contributed by atoms with van der Waals surface area (Å²) in [5.41, 5.74) is 6.24. The number of urea groups is 1. The highest BCUT2D eigenvalue weighted by Crippen LogP contribution is 2.13. The van der Waals surface area contributed by atoms with Crippen molar-refractivity contribution < 1.29 is 33.5 Å². The second-order valence-corrected chi connectivity index (χ2v) is 10.1. The van der Waals surface area contributed by atoms with Crippen LogP contribution in [0.3, 0.4) is 0 Å². The first-order valence-corrected chi connectivity index (χ1v) is 13.7. The van der Waals surface area contributed by atoms with Crippen molar-refractivity contribution >= 4 is 41.3 Å². The van der Waals surface area contributed by atoms with Crippen LogP contribution < -0.4 is 27.0 Å². The molecular weight excluding hydrogens is 532 g/mol. The molecule has 13 nitrogen and oxygen atoms in total. The Hall–Kier alpha value is -4.16. The van der Waals surface area contributed by atoms with Crippen LogP contribution in [0.2, 0.25) is 0 Å². The van der Waals surface area contributed by atoms with E-state index in [2.05, 4.69) is 21.3 Å². The van der Waals surface area contributed by atoms with Gasteiger partial charge in [0.25, 0.3) is 0 Å². The number of benzene rings is 1. The third-order valence-corrected chi connectivity index (χ3v) is 6.04. The topological polar surface area (TPSA) is 189 Å². The van der Waals surface area contributed by atoms with Crippen LogP contribution in [0.25, 0.3) is 0 Å². The van der Waals surface area contributed by atoms with Gasteiger partial charge < -0.3 is 36.6 Å². The molecule has 0 aromatic heterocycles. The second-order valence-electron chi connectivity index (χ2n) is 10.1. The molecule has 0 spiro atoms. The first kappa shape index (κ1) is 34.9. The van der Waals surface area contributed by atoms with Crippen molar-refractivity contribution in [2.75, 3.05) is 25.5 Å². The van der Waals surface area contributed by atoms with Gasteiger partial charge in [-0.25, -0.2) is 9.59 Å². The van der Waals surface area contributed by atoms with Gasteiger partial charge >= 0.3 is 12.1 Å². The number of hydrogen-bond acceptors (Lipinski definition) is 7. The minimum absolute atomic E-state index is 0.00333. The largest absolute Gasteiger partial charge is 0.445 e. The van der Waals surface area contributed by atoms with Crippen molar-refractivity contribution in [3.63, 3.8) is 0 Å². The Morgan fingerprint density at radius 1 is 0.976 bits per heavy atom. The summed E-state index contributed by atoms with van der Waals surface area (Å²) in [7, 11) is 1.55. The van der Waals surface area contributed by atoms with Gasteiger partial charge in [0.15, 0.2) is 0 Å². The molecular formula is C28H44N6O7. The molecule has 0 saturated heterocycles. The smallest absolute Gasteiger partial charge is 0.409 e. The molecule has 13 heteroatoms. The predicted molar refractivity (Wildman–Crippen MR) is 154 cm³/mol. The number of ether oxygens (including phenoxy) is 1. The minimum atomic E-state index is -0.951. The van der Waals surface area contributed by atoms with Crippen LogP contribution in [0, 0.1) is 5.92 Å². The van der Waals surface area contributed by atoms with Crippen molar-refractivity contribution in [3.05, 3.63) is 29.8 Å². The molecule has 228 valence electrons. The van der Waals surface area contributed by atoms with Crippen molar-refractivity contribution in [2.45, 2.75) is 78.5 Å². The number of Topliss-reactive ketones (excluding diaryl/α,β-unsaturated/α-hetero) is 1. The number of ketones is 1. The maximum Gasteiger partial charge on any atom is 0.409 e. The molecule has 6 amide bonds. The number of primary amides is 1. The van der Waals surface area contributed by atoms with Gasteiger partial charge in [0.05, 0.1) is 0 Å². The molecule has 1 aromatic rings. The van der Waals surface area contributed by atoms with E-state index in [9.17, 15) is 28.8 Å². The van der Waals surface area contributed by atoms with E-state index < -0.39 is 36.0 Å². The van der Waals surface area contributed by atoms with E-state index in [0.29, 0.717) is 24.1 Å². The van der Waals surface area contributed by atoms with Crippen molar-refractivity contribution in [1.29, 1.82) is 0 Å². The number of nitrogens with two attached hydrogens (primary N) is 1. The number of anilines is 1. The Morgan fingerprint density at radius 2 is 1.63 bits per heavy atom. The summed E-state index contributed by atoms with van der Waals surface area (Å²) in [4.78, 5) is 73.8. The molecule has 6 N–H and O–H groups in total. The highest BCUT2D eigenvalue weighted by Gasteiger charge is 2.28. The van der Waals surface area contributed by atoms with E-state index in [1.54, 1.807) is 45.2 Å². The molecule has 41 heavy (non-hydrogen) atoms. The molecule has 0 aliphatic rings. The second kappa shape index (κ2) is 18.2. The number of hydrogen-bond donors (Lipinski definition) is 5. The monoisotopic (exact) mass is 576 g/mol. The molecule has 0 aliphatic heterocycles. The van der Waals surface area contributed by atoms with Crippen LogP contribution in [-0.4, -0.2) is 72.7 Å². The standard InChI is InChI=1S/C28H44N6O7/c1-6-8-23(36)33-24(18(2)3)26(38)32-22(9-7-15-30-27(29)39)25(37)31-21-12-10-20(11-13-21)17-41-28(40)34(5)16-14-19(4)35/h10-13,18,22,24H,6-9,14-17H2,1-5H3,(H,31,37)(H,32,38)(H,33,36)(H3,29,30,39)/t22-,24?/m0/s1. The summed E-state index contributed by atoms with van der Waals surface area (Å²) in [5, 5.41) is 10.7. The van der Waals surface area contributed by atoms with Crippen LogP contribution >= 0.6 is 0 Å². The van der Waals surface area contributed by atoms with Gasteiger partial charge in [-0.1, -0.05) is 32.9 Å². The normalized spacial score (nSPS) is 12.0. The maximum atomic E-state index is 13.2. The molecule has 0 radical (unpaired) electrons. The van der Waals surface area contributed by atoms with E-state index >= 15 is 0 Å². The van der Waals surface area contributed by atoms with E-state index in [0.717, 1.165) is 0 Å². The van der Waals surface area contributed by atoms with Crippen LogP contribution in [0.5, 0.6) is 0 Å². The van der Waals surface area contributed by atoms with Gasteiger partial charge in [-0.2, -0.15) is 0 Å². The number of rotatable bonds is 17. The number of amides is 6. The Labute approximate surface area is 241 Å². The first-order valence-electron chi connectivity index (χ1n) is 13.7. The zero-order chi connectivity index (χ0) is 30.9. The number of nitrogens with one attached hydrogen (secondary N) is 4. The van der Waals surface area contributed by atoms with Gasteiger partial charge in [0.2, 0.25) is 17.7 Å². The van der Waals surface area contributed by atoms with E-state index in [4.69, 9.17) is 10.5 Å². The number of nitrogens with zero attached hydrogens (tertiary/aromatic N) is 1. The third-order valence-electron chi connectivity index (χ3n) is 6.04. The van der Waals surface area contributed by atoms with Gasteiger partial charge in [0.1, 0.15) is 24.5 Å². The van der Waals surface area contributed by atoms with Gasteiger partial charge in [0, 0.05) is 38.7 Å². The predicted octanol–water partition coefficient (Wildman–Crippen LogP) is 2.05. The molecule has 2 atom stereocenters. The van der Waals surface area contributed by atoms with Crippen LogP contribution in [0.4, 0.5) is 15.3 Å². The summed E-state index contributed by atoms with van der Waals surface area (Å²) >= 11 is 0. The average Bonchev–Trinajstić information content (AvgIpc) is 2.91. The summed E-state index contributed by atoms with van der Waals surface area (Å²) in [6, 6.07) is 4.17. The molecule has 0 fully saturated rings. The summed E-state index contributed by atoms with van der Waals surface area (Å²) in [6.07, 6.45) is 1.17. The zero-order valence-electron chi connectivity index (χ0n) is 24.6. The lowest BCUT2D eigenvalue weighted by Crippen LogP contribution is -2.54. The first-order chi connectivity index (χ1) is 19.3. The highest BCUT2D eigenvalue weighted by molar-refractivity contribution is 5.98. The lowest BCUT2D eigenvalue weighted by Gasteiger charge is -2.25. The highest BCUT2D eigenvalue weighted by atomic mass is 16.6. The lowest BCUT2D eigenvalue weighted by atomic mass is 10.0. The van der Waals surface area contributed by atoms with Crippen molar-refractivity contribution in [1.82, 2.24) is 20.9 Å². The number of carbonyl (C=O) groups excluding carboxylic acids is 6.